The largest absolute Gasteiger partial charge is 0.478 e. The van der Waals surface area contributed by atoms with Gasteiger partial charge >= 0.3 is 11.9 Å². The molecule has 0 aliphatic rings. The van der Waals surface area contributed by atoms with E-state index in [1.807, 2.05) is 32.0 Å². The first-order valence-corrected chi connectivity index (χ1v) is 8.04. The molecule has 2 rings (SSSR count). The molecule has 8 nitrogen and oxygen atoms in total. The van der Waals surface area contributed by atoms with E-state index < -0.39 is 11.9 Å². The van der Waals surface area contributed by atoms with Gasteiger partial charge in [-0.25, -0.2) is 14.6 Å². The summed E-state index contributed by atoms with van der Waals surface area (Å²) in [5.41, 5.74) is 1.46. The molecule has 0 radical (unpaired) electrons. The fourth-order valence-electron chi connectivity index (χ4n) is 2.66. The van der Waals surface area contributed by atoms with Crippen LogP contribution in [0.2, 0.25) is 0 Å². The number of hydrogen-bond acceptors (Lipinski definition) is 6. The fourth-order valence-corrected chi connectivity index (χ4v) is 2.66. The van der Waals surface area contributed by atoms with Crippen LogP contribution in [0.1, 0.15) is 37.4 Å². The molecule has 0 bridgehead atoms. The van der Waals surface area contributed by atoms with Gasteiger partial charge in [0.05, 0.1) is 16.7 Å². The van der Waals surface area contributed by atoms with Gasteiger partial charge in [0.25, 0.3) is 0 Å². The molecular weight excluding hydrogens is 348 g/mol. The van der Waals surface area contributed by atoms with E-state index in [4.69, 9.17) is 0 Å². The number of aromatic carboxylic acids is 2. The van der Waals surface area contributed by atoms with E-state index in [9.17, 15) is 25.1 Å². The maximum Gasteiger partial charge on any atom is 0.335 e. The van der Waals surface area contributed by atoms with E-state index in [1.54, 1.807) is 11.9 Å². The Bertz CT molecular complexity index is 915. The van der Waals surface area contributed by atoms with Crippen molar-refractivity contribution in [2.75, 3.05) is 30.9 Å². The number of rotatable bonds is 6. The van der Waals surface area contributed by atoms with Crippen LogP contribution in [-0.2, 0) is 6.54 Å². The second-order valence-corrected chi connectivity index (χ2v) is 6.39. The van der Waals surface area contributed by atoms with E-state index >= 15 is 0 Å². The van der Waals surface area contributed by atoms with Gasteiger partial charge in [0.1, 0.15) is 17.7 Å². The molecule has 0 unspecified atom stereocenters. The van der Waals surface area contributed by atoms with E-state index in [-0.39, 0.29) is 17.7 Å². The SMILES string of the molecule is Cc1cc(N(C)C)nc(N(C)Cc2cc(C(=O)O)cc(C(=O)O)c2)c1C#N. The van der Waals surface area contributed by atoms with Gasteiger partial charge in [-0.15, -0.1) is 0 Å². The highest BCUT2D eigenvalue weighted by molar-refractivity contribution is 5.94. The second-order valence-electron chi connectivity index (χ2n) is 6.39. The van der Waals surface area contributed by atoms with Crippen LogP contribution >= 0.6 is 0 Å². The highest BCUT2D eigenvalue weighted by atomic mass is 16.4. The average molecular weight is 368 g/mol. The third-order valence-corrected chi connectivity index (χ3v) is 4.02. The van der Waals surface area contributed by atoms with Crippen LogP contribution in [0.5, 0.6) is 0 Å². The van der Waals surface area contributed by atoms with Gasteiger partial charge in [0.2, 0.25) is 0 Å². The highest BCUT2D eigenvalue weighted by Crippen LogP contribution is 2.26. The summed E-state index contributed by atoms with van der Waals surface area (Å²) in [6, 6.07) is 7.90. The normalized spacial score (nSPS) is 10.2. The van der Waals surface area contributed by atoms with Crippen molar-refractivity contribution in [1.29, 1.82) is 5.26 Å². The third-order valence-electron chi connectivity index (χ3n) is 4.02. The molecule has 0 atom stereocenters. The van der Waals surface area contributed by atoms with Crippen molar-refractivity contribution in [3.8, 4) is 6.07 Å². The Kier molecular flexibility index (Phi) is 5.66. The number of hydrogen-bond donors (Lipinski definition) is 2. The number of carboxylic acids is 2. The van der Waals surface area contributed by atoms with Crippen LogP contribution in [-0.4, -0.2) is 48.3 Å². The summed E-state index contributed by atoms with van der Waals surface area (Å²) in [5.74, 6) is -1.29. The molecule has 0 saturated heterocycles. The standard InChI is InChI=1S/C19H20N4O4/c1-11-5-16(22(2)3)21-17(15(11)9-20)23(4)10-12-6-13(18(24)25)8-14(7-12)19(26)27/h5-8H,10H2,1-4H3,(H,24,25)(H,26,27). The van der Waals surface area contributed by atoms with Gasteiger partial charge in [-0.05, 0) is 42.3 Å². The van der Waals surface area contributed by atoms with Gasteiger partial charge in [-0.3, -0.25) is 0 Å². The minimum absolute atomic E-state index is 0.106. The predicted octanol–water partition coefficient (Wildman–Crippen LogP) is 2.36. The molecule has 1 heterocycles. The number of nitrogens with zero attached hydrogens (tertiary/aromatic N) is 4. The van der Waals surface area contributed by atoms with Crippen molar-refractivity contribution in [3.05, 3.63) is 52.1 Å². The summed E-state index contributed by atoms with van der Waals surface area (Å²) in [6.45, 7) is 2.01. The molecule has 0 fully saturated rings. The van der Waals surface area contributed by atoms with Crippen LogP contribution in [0.25, 0.3) is 0 Å². The number of aromatic nitrogens is 1. The van der Waals surface area contributed by atoms with Crippen molar-refractivity contribution in [3.63, 3.8) is 0 Å². The van der Waals surface area contributed by atoms with Gasteiger partial charge in [-0.1, -0.05) is 0 Å². The molecule has 1 aromatic carbocycles. The summed E-state index contributed by atoms with van der Waals surface area (Å²) in [7, 11) is 5.40. The minimum atomic E-state index is -1.21. The van der Waals surface area contributed by atoms with E-state index in [0.29, 0.717) is 22.8 Å². The molecule has 2 N–H and O–H groups in total. The number of benzene rings is 1. The van der Waals surface area contributed by atoms with Gasteiger partial charge in [0, 0.05) is 27.7 Å². The Labute approximate surface area is 156 Å². The Hall–Kier alpha value is -3.60. The zero-order chi connectivity index (χ0) is 20.3. The first kappa shape index (κ1) is 19.7. The Morgan fingerprint density at radius 3 is 2.07 bits per heavy atom. The third kappa shape index (κ3) is 4.33. The number of aryl methyl sites for hydroxylation is 1. The monoisotopic (exact) mass is 368 g/mol. The zero-order valence-corrected chi connectivity index (χ0v) is 15.5. The van der Waals surface area contributed by atoms with E-state index in [1.165, 1.54) is 12.1 Å². The highest BCUT2D eigenvalue weighted by Gasteiger charge is 2.17. The first-order valence-electron chi connectivity index (χ1n) is 8.04. The van der Waals surface area contributed by atoms with Crippen molar-refractivity contribution < 1.29 is 19.8 Å². The lowest BCUT2D eigenvalue weighted by molar-refractivity contribution is 0.0696. The van der Waals surface area contributed by atoms with E-state index in [0.717, 1.165) is 11.6 Å². The maximum atomic E-state index is 11.3. The predicted molar refractivity (Wildman–Crippen MR) is 100 cm³/mol. The Morgan fingerprint density at radius 1 is 1.07 bits per heavy atom. The maximum absolute atomic E-state index is 11.3. The molecule has 27 heavy (non-hydrogen) atoms. The lowest BCUT2D eigenvalue weighted by Gasteiger charge is -2.23. The van der Waals surface area contributed by atoms with Gasteiger partial charge in [0.15, 0.2) is 0 Å². The average Bonchev–Trinajstić information content (AvgIpc) is 2.60. The zero-order valence-electron chi connectivity index (χ0n) is 15.5. The van der Waals surface area contributed by atoms with Crippen molar-refractivity contribution in [1.82, 2.24) is 4.98 Å². The molecule has 0 spiro atoms. The molecule has 0 amide bonds. The molecule has 8 heteroatoms. The summed E-state index contributed by atoms with van der Waals surface area (Å²) in [6.07, 6.45) is 0. The molecule has 2 aromatic rings. The quantitative estimate of drug-likeness (QED) is 0.798. The van der Waals surface area contributed by atoms with Gasteiger partial charge in [-0.2, -0.15) is 5.26 Å². The summed E-state index contributed by atoms with van der Waals surface area (Å²) in [5, 5.41) is 27.9. The van der Waals surface area contributed by atoms with Crippen LogP contribution in [0.3, 0.4) is 0 Å². The minimum Gasteiger partial charge on any atom is -0.478 e. The number of carboxylic acid groups (broad SMARTS) is 2. The second kappa shape index (κ2) is 7.74. The molecule has 0 saturated carbocycles. The molecule has 0 aliphatic carbocycles. The Balaban J connectivity index is 2.49. The molecule has 0 aliphatic heterocycles. The lowest BCUT2D eigenvalue weighted by Crippen LogP contribution is -2.22. The van der Waals surface area contributed by atoms with Gasteiger partial charge < -0.3 is 20.0 Å². The van der Waals surface area contributed by atoms with Crippen LogP contribution in [0, 0.1) is 18.3 Å². The summed E-state index contributed by atoms with van der Waals surface area (Å²) in [4.78, 5) is 30.6. The Morgan fingerprint density at radius 2 is 1.63 bits per heavy atom. The lowest BCUT2D eigenvalue weighted by atomic mass is 10.0. The topological polar surface area (TPSA) is 118 Å². The molecular formula is C19H20N4O4. The number of anilines is 2. The summed E-state index contributed by atoms with van der Waals surface area (Å²) < 4.78 is 0. The van der Waals surface area contributed by atoms with Crippen LogP contribution < -0.4 is 9.80 Å². The van der Waals surface area contributed by atoms with Crippen LogP contribution in [0.15, 0.2) is 24.3 Å². The number of pyridine rings is 1. The smallest absolute Gasteiger partial charge is 0.335 e. The number of carbonyl (C=O) groups is 2. The molecule has 140 valence electrons. The summed E-state index contributed by atoms with van der Waals surface area (Å²) >= 11 is 0. The fraction of sp³-hybridized carbons (Fsp3) is 0.263. The van der Waals surface area contributed by atoms with Crippen LogP contribution in [0.4, 0.5) is 11.6 Å². The van der Waals surface area contributed by atoms with E-state index in [2.05, 4.69) is 11.1 Å². The first-order chi connectivity index (χ1) is 12.6. The molecule has 1 aromatic heterocycles. The number of nitriles is 1. The van der Waals surface area contributed by atoms with Crippen molar-refractivity contribution in [2.45, 2.75) is 13.5 Å². The van der Waals surface area contributed by atoms with Crippen molar-refractivity contribution >= 4 is 23.6 Å². The van der Waals surface area contributed by atoms with Crippen molar-refractivity contribution in [2.24, 2.45) is 0 Å².